The van der Waals surface area contributed by atoms with E-state index in [0.717, 1.165) is 18.6 Å². The molecular formula is C17H27NO. The van der Waals surface area contributed by atoms with Crippen LogP contribution in [0.3, 0.4) is 0 Å². The first-order valence-corrected chi connectivity index (χ1v) is 7.50. The SMILES string of the molecule is CCC(C)(C)C1CCC(N)C(Oc2ccccc2)C1. The summed E-state index contributed by atoms with van der Waals surface area (Å²) in [6, 6.07) is 10.2. The first-order chi connectivity index (χ1) is 9.03. The van der Waals surface area contributed by atoms with Crippen LogP contribution in [0.1, 0.15) is 46.5 Å². The molecule has 3 unspecified atom stereocenters. The van der Waals surface area contributed by atoms with Crippen molar-refractivity contribution in [1.29, 1.82) is 0 Å². The van der Waals surface area contributed by atoms with Gasteiger partial charge in [-0.1, -0.05) is 45.4 Å². The first-order valence-electron chi connectivity index (χ1n) is 7.50. The van der Waals surface area contributed by atoms with Gasteiger partial charge in [-0.2, -0.15) is 0 Å². The van der Waals surface area contributed by atoms with E-state index in [2.05, 4.69) is 20.8 Å². The molecule has 1 fully saturated rings. The van der Waals surface area contributed by atoms with Crippen LogP contribution in [0.2, 0.25) is 0 Å². The predicted molar refractivity (Wildman–Crippen MR) is 80.2 cm³/mol. The number of hydrogen-bond acceptors (Lipinski definition) is 2. The predicted octanol–water partition coefficient (Wildman–Crippen LogP) is 4.00. The lowest BCUT2D eigenvalue weighted by molar-refractivity contribution is 0.0502. The van der Waals surface area contributed by atoms with Crippen LogP contribution in [-0.2, 0) is 0 Å². The fraction of sp³-hybridized carbons (Fsp3) is 0.647. The van der Waals surface area contributed by atoms with Crippen LogP contribution in [-0.4, -0.2) is 12.1 Å². The van der Waals surface area contributed by atoms with Gasteiger partial charge >= 0.3 is 0 Å². The van der Waals surface area contributed by atoms with E-state index in [1.807, 2.05) is 30.3 Å². The van der Waals surface area contributed by atoms with E-state index < -0.39 is 0 Å². The fourth-order valence-electron chi connectivity index (χ4n) is 2.96. The summed E-state index contributed by atoms with van der Waals surface area (Å²) in [5.74, 6) is 1.66. The average molecular weight is 261 g/mol. The molecule has 106 valence electrons. The Morgan fingerprint density at radius 3 is 2.53 bits per heavy atom. The molecule has 0 aliphatic heterocycles. The molecule has 1 aromatic rings. The fourth-order valence-corrected chi connectivity index (χ4v) is 2.96. The van der Waals surface area contributed by atoms with E-state index in [4.69, 9.17) is 10.5 Å². The van der Waals surface area contributed by atoms with Crippen molar-refractivity contribution in [3.05, 3.63) is 30.3 Å². The molecule has 0 bridgehead atoms. The number of para-hydroxylation sites is 1. The molecule has 2 N–H and O–H groups in total. The largest absolute Gasteiger partial charge is 0.489 e. The van der Waals surface area contributed by atoms with Crippen molar-refractivity contribution in [1.82, 2.24) is 0 Å². The van der Waals surface area contributed by atoms with Crippen LogP contribution in [0.5, 0.6) is 5.75 Å². The number of rotatable bonds is 4. The van der Waals surface area contributed by atoms with Crippen molar-refractivity contribution in [2.45, 2.75) is 58.6 Å². The van der Waals surface area contributed by atoms with E-state index >= 15 is 0 Å². The third kappa shape index (κ3) is 3.50. The first kappa shape index (κ1) is 14.4. The maximum atomic E-state index is 6.25. The normalized spacial score (nSPS) is 28.1. The van der Waals surface area contributed by atoms with Crippen molar-refractivity contribution >= 4 is 0 Å². The summed E-state index contributed by atoms with van der Waals surface area (Å²) in [4.78, 5) is 0. The van der Waals surface area contributed by atoms with E-state index in [-0.39, 0.29) is 12.1 Å². The maximum Gasteiger partial charge on any atom is 0.119 e. The standard InChI is InChI=1S/C17H27NO/c1-4-17(2,3)13-10-11-15(18)16(12-13)19-14-8-6-5-7-9-14/h5-9,13,15-16H,4,10-12,18H2,1-3H3. The molecule has 1 saturated carbocycles. The van der Waals surface area contributed by atoms with Crippen LogP contribution in [0.4, 0.5) is 0 Å². The Kier molecular flexibility index (Phi) is 4.51. The van der Waals surface area contributed by atoms with Crippen molar-refractivity contribution in [2.24, 2.45) is 17.1 Å². The van der Waals surface area contributed by atoms with Crippen molar-refractivity contribution < 1.29 is 4.74 Å². The highest BCUT2D eigenvalue weighted by molar-refractivity contribution is 5.21. The molecule has 19 heavy (non-hydrogen) atoms. The number of benzene rings is 1. The van der Waals surface area contributed by atoms with Gasteiger partial charge in [0.05, 0.1) is 0 Å². The highest BCUT2D eigenvalue weighted by Gasteiger charge is 2.36. The molecule has 2 heteroatoms. The van der Waals surface area contributed by atoms with Gasteiger partial charge in [0.25, 0.3) is 0 Å². The van der Waals surface area contributed by atoms with Gasteiger partial charge in [-0.25, -0.2) is 0 Å². The molecule has 2 rings (SSSR count). The Labute approximate surface area is 117 Å². The zero-order valence-corrected chi connectivity index (χ0v) is 12.4. The van der Waals surface area contributed by atoms with Gasteiger partial charge in [0.1, 0.15) is 11.9 Å². The lowest BCUT2D eigenvalue weighted by Crippen LogP contribution is -2.46. The molecule has 2 nitrogen and oxygen atoms in total. The zero-order valence-electron chi connectivity index (χ0n) is 12.4. The van der Waals surface area contributed by atoms with Gasteiger partial charge in [-0.15, -0.1) is 0 Å². The third-order valence-corrected chi connectivity index (χ3v) is 4.89. The smallest absolute Gasteiger partial charge is 0.119 e. The Balaban J connectivity index is 2.03. The second kappa shape index (κ2) is 5.96. The molecule has 0 saturated heterocycles. The summed E-state index contributed by atoms with van der Waals surface area (Å²) in [6.45, 7) is 7.02. The van der Waals surface area contributed by atoms with Crippen LogP contribution in [0, 0.1) is 11.3 Å². The minimum absolute atomic E-state index is 0.159. The lowest BCUT2D eigenvalue weighted by Gasteiger charge is -2.41. The van der Waals surface area contributed by atoms with E-state index in [1.54, 1.807) is 0 Å². The minimum atomic E-state index is 0.159. The van der Waals surface area contributed by atoms with Crippen LogP contribution >= 0.6 is 0 Å². The number of nitrogens with two attached hydrogens (primary N) is 1. The summed E-state index contributed by atoms with van der Waals surface area (Å²) in [6.07, 6.45) is 4.76. The van der Waals surface area contributed by atoms with Crippen molar-refractivity contribution in [3.63, 3.8) is 0 Å². The van der Waals surface area contributed by atoms with Gasteiger partial charge in [0, 0.05) is 6.04 Å². The van der Waals surface area contributed by atoms with E-state index in [9.17, 15) is 0 Å². The summed E-state index contributed by atoms with van der Waals surface area (Å²) in [7, 11) is 0. The average Bonchev–Trinajstić information content (AvgIpc) is 2.42. The van der Waals surface area contributed by atoms with Gasteiger partial charge in [0.2, 0.25) is 0 Å². The zero-order chi connectivity index (χ0) is 13.9. The summed E-state index contributed by atoms with van der Waals surface area (Å²) in [5.41, 5.74) is 6.64. The van der Waals surface area contributed by atoms with E-state index in [1.165, 1.54) is 12.8 Å². The molecule has 0 amide bonds. The molecule has 1 aliphatic rings. The van der Waals surface area contributed by atoms with E-state index in [0.29, 0.717) is 11.3 Å². The molecule has 3 atom stereocenters. The van der Waals surface area contributed by atoms with Gasteiger partial charge in [-0.3, -0.25) is 0 Å². The van der Waals surface area contributed by atoms with Crippen LogP contribution < -0.4 is 10.5 Å². The molecule has 0 aromatic heterocycles. The second-order valence-corrected chi connectivity index (χ2v) is 6.49. The third-order valence-electron chi connectivity index (χ3n) is 4.89. The van der Waals surface area contributed by atoms with Crippen LogP contribution in [0.25, 0.3) is 0 Å². The van der Waals surface area contributed by atoms with Crippen molar-refractivity contribution in [2.75, 3.05) is 0 Å². The molecule has 1 aromatic carbocycles. The summed E-state index contributed by atoms with van der Waals surface area (Å²) in [5, 5.41) is 0. The van der Waals surface area contributed by atoms with Crippen LogP contribution in [0.15, 0.2) is 30.3 Å². The molecule has 1 aliphatic carbocycles. The van der Waals surface area contributed by atoms with Gasteiger partial charge in [-0.05, 0) is 42.7 Å². The Morgan fingerprint density at radius 2 is 1.89 bits per heavy atom. The highest BCUT2D eigenvalue weighted by Crippen LogP contribution is 2.41. The highest BCUT2D eigenvalue weighted by atomic mass is 16.5. The molecule has 0 heterocycles. The minimum Gasteiger partial charge on any atom is -0.489 e. The molecule has 0 spiro atoms. The molecule has 0 radical (unpaired) electrons. The maximum absolute atomic E-state index is 6.25. The topological polar surface area (TPSA) is 35.2 Å². The van der Waals surface area contributed by atoms with Crippen molar-refractivity contribution in [3.8, 4) is 5.75 Å². The Morgan fingerprint density at radius 1 is 1.21 bits per heavy atom. The van der Waals surface area contributed by atoms with Gasteiger partial charge in [0.15, 0.2) is 0 Å². The Hall–Kier alpha value is -1.02. The monoisotopic (exact) mass is 261 g/mol. The quantitative estimate of drug-likeness (QED) is 0.889. The second-order valence-electron chi connectivity index (χ2n) is 6.49. The lowest BCUT2D eigenvalue weighted by atomic mass is 9.68. The summed E-state index contributed by atoms with van der Waals surface area (Å²) >= 11 is 0. The van der Waals surface area contributed by atoms with Gasteiger partial charge < -0.3 is 10.5 Å². The number of hydrogen-bond donors (Lipinski definition) is 1. The Bertz CT molecular complexity index is 388. The summed E-state index contributed by atoms with van der Waals surface area (Å²) < 4.78 is 6.11. The molecular weight excluding hydrogens is 234 g/mol. The number of ether oxygens (including phenoxy) is 1.